The highest BCUT2D eigenvalue weighted by Crippen LogP contribution is 2.35. The minimum atomic E-state index is -0.472. The summed E-state index contributed by atoms with van der Waals surface area (Å²) in [6.45, 7) is 3.86. The van der Waals surface area contributed by atoms with E-state index >= 15 is 0 Å². The van der Waals surface area contributed by atoms with Crippen LogP contribution in [0.3, 0.4) is 0 Å². The molecule has 7 nitrogen and oxygen atoms in total. The molecule has 0 aromatic heterocycles. The van der Waals surface area contributed by atoms with Gasteiger partial charge in [-0.05, 0) is 77.9 Å². The molecule has 0 bridgehead atoms. The highest BCUT2D eigenvalue weighted by atomic mass is 127. The van der Waals surface area contributed by atoms with Crippen molar-refractivity contribution in [2.24, 2.45) is 0 Å². The second kappa shape index (κ2) is 13.3. The second-order valence-corrected chi connectivity index (χ2v) is 8.90. The molecule has 0 saturated heterocycles. The van der Waals surface area contributed by atoms with Gasteiger partial charge in [-0.15, -0.1) is 0 Å². The molecule has 2 amide bonds. The van der Waals surface area contributed by atoms with Crippen LogP contribution in [0.4, 0.5) is 5.69 Å². The number of benzene rings is 3. The molecule has 8 heteroatoms. The van der Waals surface area contributed by atoms with Crippen LogP contribution in [0.1, 0.15) is 31.0 Å². The summed E-state index contributed by atoms with van der Waals surface area (Å²) in [4.78, 5) is 25.1. The van der Waals surface area contributed by atoms with Gasteiger partial charge in [-0.3, -0.25) is 9.59 Å². The van der Waals surface area contributed by atoms with Crippen LogP contribution in [0, 0.1) is 14.9 Å². The Morgan fingerprint density at radius 3 is 2.36 bits per heavy atom. The van der Waals surface area contributed by atoms with Gasteiger partial charge in [0.2, 0.25) is 0 Å². The summed E-state index contributed by atoms with van der Waals surface area (Å²) in [5.74, 6) is 0.0520. The summed E-state index contributed by atoms with van der Waals surface area (Å²) in [5, 5.41) is 15.2. The van der Waals surface area contributed by atoms with Crippen molar-refractivity contribution in [1.82, 2.24) is 5.32 Å². The number of carbonyl (C=O) groups excluding carboxylic acids is 2. The third kappa shape index (κ3) is 7.58. The number of ether oxygens (including phenoxy) is 2. The zero-order valence-electron chi connectivity index (χ0n) is 20.0. The Hall–Kier alpha value is -3.84. The van der Waals surface area contributed by atoms with Crippen molar-refractivity contribution < 1.29 is 19.1 Å². The van der Waals surface area contributed by atoms with Gasteiger partial charge >= 0.3 is 0 Å². The number of anilines is 1. The molecule has 3 rings (SSSR count). The fourth-order valence-electron chi connectivity index (χ4n) is 3.35. The molecule has 0 spiro atoms. The fourth-order valence-corrected chi connectivity index (χ4v) is 4.13. The molecule has 0 aliphatic rings. The van der Waals surface area contributed by atoms with E-state index < -0.39 is 5.91 Å². The molecule has 0 fully saturated rings. The predicted molar refractivity (Wildman–Crippen MR) is 147 cm³/mol. The first kappa shape index (κ1) is 26.8. The van der Waals surface area contributed by atoms with Crippen molar-refractivity contribution in [3.63, 3.8) is 0 Å². The molecular formula is C28H26IN3O4. The van der Waals surface area contributed by atoms with Crippen LogP contribution in [-0.4, -0.2) is 25.0 Å². The Kier molecular flexibility index (Phi) is 9.89. The van der Waals surface area contributed by atoms with Gasteiger partial charge in [-0.25, -0.2) is 0 Å². The minimum absolute atomic E-state index is 0.0352. The molecule has 36 heavy (non-hydrogen) atoms. The average Bonchev–Trinajstić information content (AvgIpc) is 2.88. The maximum Gasteiger partial charge on any atom is 0.262 e. The van der Waals surface area contributed by atoms with E-state index in [1.165, 1.54) is 6.08 Å². The standard InChI is InChI=1S/C28H26IN3O4/c1-3-35-25-16-20(14-22(17-30)28(34)31-19(2)21-10-6-4-7-11-21)15-24(29)27(25)36-18-26(33)32-23-12-8-5-9-13-23/h4-16,19H,3,18H2,1-2H3,(H,31,34)(H,32,33)/b22-14-/t19-/m0/s1. The Bertz CT molecular complexity index is 1270. The van der Waals surface area contributed by atoms with E-state index in [9.17, 15) is 14.9 Å². The van der Waals surface area contributed by atoms with Crippen molar-refractivity contribution in [2.75, 3.05) is 18.5 Å². The fraction of sp³-hybridized carbons (Fsp3) is 0.179. The average molecular weight is 595 g/mol. The molecule has 0 radical (unpaired) electrons. The van der Waals surface area contributed by atoms with Crippen LogP contribution in [-0.2, 0) is 9.59 Å². The number of hydrogen-bond donors (Lipinski definition) is 2. The molecular weight excluding hydrogens is 569 g/mol. The molecule has 0 aliphatic carbocycles. The third-order valence-corrected chi connectivity index (χ3v) is 5.86. The van der Waals surface area contributed by atoms with Gasteiger partial charge in [0.1, 0.15) is 11.6 Å². The van der Waals surface area contributed by atoms with E-state index in [1.54, 1.807) is 24.3 Å². The van der Waals surface area contributed by atoms with Crippen molar-refractivity contribution >= 4 is 46.2 Å². The van der Waals surface area contributed by atoms with Crippen molar-refractivity contribution in [2.45, 2.75) is 19.9 Å². The zero-order valence-corrected chi connectivity index (χ0v) is 22.1. The van der Waals surface area contributed by atoms with Crippen molar-refractivity contribution in [3.8, 4) is 17.6 Å². The molecule has 184 valence electrons. The first-order valence-corrected chi connectivity index (χ1v) is 12.4. The number of nitrogens with zero attached hydrogens (tertiary/aromatic N) is 1. The Labute approximate surface area is 224 Å². The summed E-state index contributed by atoms with van der Waals surface area (Å²) in [7, 11) is 0. The van der Waals surface area contributed by atoms with Gasteiger partial charge in [0.15, 0.2) is 18.1 Å². The largest absolute Gasteiger partial charge is 0.490 e. The summed E-state index contributed by atoms with van der Waals surface area (Å²) >= 11 is 2.08. The Morgan fingerprint density at radius 2 is 1.72 bits per heavy atom. The third-order valence-electron chi connectivity index (χ3n) is 5.06. The summed E-state index contributed by atoms with van der Waals surface area (Å²) in [6, 6.07) is 23.8. The lowest BCUT2D eigenvalue weighted by molar-refractivity contribution is -0.118. The number of nitriles is 1. The molecule has 3 aromatic rings. The van der Waals surface area contributed by atoms with Gasteiger partial charge in [-0.1, -0.05) is 48.5 Å². The van der Waals surface area contributed by atoms with E-state index in [4.69, 9.17) is 9.47 Å². The normalized spacial score (nSPS) is 11.7. The summed E-state index contributed by atoms with van der Waals surface area (Å²) < 4.78 is 12.2. The molecule has 0 heterocycles. The van der Waals surface area contributed by atoms with Crippen LogP contribution >= 0.6 is 22.6 Å². The van der Waals surface area contributed by atoms with E-state index in [2.05, 4.69) is 33.2 Å². The van der Waals surface area contributed by atoms with E-state index in [0.717, 1.165) is 5.56 Å². The maximum absolute atomic E-state index is 12.7. The van der Waals surface area contributed by atoms with Crippen LogP contribution in [0.25, 0.3) is 6.08 Å². The predicted octanol–water partition coefficient (Wildman–Crippen LogP) is 5.49. The number of halogens is 1. The van der Waals surface area contributed by atoms with Gasteiger partial charge in [0.05, 0.1) is 16.2 Å². The quantitative estimate of drug-likeness (QED) is 0.184. The van der Waals surface area contributed by atoms with Crippen LogP contribution < -0.4 is 20.1 Å². The minimum Gasteiger partial charge on any atom is -0.490 e. The Balaban J connectivity index is 1.75. The summed E-state index contributed by atoms with van der Waals surface area (Å²) in [5.41, 5.74) is 2.18. The second-order valence-electron chi connectivity index (χ2n) is 7.74. The van der Waals surface area contributed by atoms with E-state index in [-0.39, 0.29) is 24.1 Å². The van der Waals surface area contributed by atoms with Gasteiger partial charge in [0, 0.05) is 5.69 Å². The highest BCUT2D eigenvalue weighted by Gasteiger charge is 2.17. The number of hydrogen-bond acceptors (Lipinski definition) is 5. The molecule has 3 aromatic carbocycles. The monoisotopic (exact) mass is 595 g/mol. The molecule has 1 atom stereocenters. The lowest BCUT2D eigenvalue weighted by Gasteiger charge is -2.15. The smallest absolute Gasteiger partial charge is 0.262 e. The first-order valence-electron chi connectivity index (χ1n) is 11.3. The zero-order chi connectivity index (χ0) is 25.9. The number of rotatable bonds is 10. The first-order chi connectivity index (χ1) is 17.4. The number of carbonyl (C=O) groups is 2. The number of para-hydroxylation sites is 1. The SMILES string of the molecule is CCOc1cc(/C=C(/C#N)C(=O)N[C@@H](C)c2ccccc2)cc(I)c1OCC(=O)Nc1ccccc1. The van der Waals surface area contributed by atoms with Crippen LogP contribution in [0.5, 0.6) is 11.5 Å². The lowest BCUT2D eigenvalue weighted by Crippen LogP contribution is -2.27. The van der Waals surface area contributed by atoms with E-state index in [0.29, 0.717) is 32.9 Å². The van der Waals surface area contributed by atoms with Crippen LogP contribution in [0.2, 0.25) is 0 Å². The number of amides is 2. The highest BCUT2D eigenvalue weighted by molar-refractivity contribution is 14.1. The molecule has 2 N–H and O–H groups in total. The molecule has 0 saturated carbocycles. The van der Waals surface area contributed by atoms with E-state index in [1.807, 2.05) is 68.4 Å². The van der Waals surface area contributed by atoms with Crippen molar-refractivity contribution in [3.05, 3.63) is 93.1 Å². The van der Waals surface area contributed by atoms with Gasteiger partial charge in [0.25, 0.3) is 11.8 Å². The summed E-state index contributed by atoms with van der Waals surface area (Å²) in [6.07, 6.45) is 1.50. The maximum atomic E-state index is 12.7. The van der Waals surface area contributed by atoms with Crippen LogP contribution in [0.15, 0.2) is 78.4 Å². The Morgan fingerprint density at radius 1 is 1.06 bits per heavy atom. The molecule has 0 aliphatic heterocycles. The van der Waals surface area contributed by atoms with Gasteiger partial charge < -0.3 is 20.1 Å². The molecule has 0 unspecified atom stereocenters. The number of nitrogens with one attached hydrogen (secondary N) is 2. The van der Waals surface area contributed by atoms with Crippen molar-refractivity contribution in [1.29, 1.82) is 5.26 Å². The topological polar surface area (TPSA) is 100 Å². The lowest BCUT2D eigenvalue weighted by atomic mass is 10.1. The van der Waals surface area contributed by atoms with Gasteiger partial charge in [-0.2, -0.15) is 5.26 Å².